The van der Waals surface area contributed by atoms with Crippen molar-refractivity contribution in [3.8, 4) is 0 Å². The van der Waals surface area contributed by atoms with Crippen molar-refractivity contribution in [2.75, 3.05) is 25.1 Å². The first-order valence-corrected chi connectivity index (χ1v) is 7.45. The molecule has 0 aromatic heterocycles. The fourth-order valence-electron chi connectivity index (χ4n) is 2.30. The van der Waals surface area contributed by atoms with Gasteiger partial charge in [-0.3, -0.25) is 4.99 Å². The van der Waals surface area contributed by atoms with E-state index in [2.05, 4.69) is 36.3 Å². The molecule has 1 aromatic carbocycles. The van der Waals surface area contributed by atoms with Crippen LogP contribution in [0, 0.1) is 0 Å². The molecule has 4 N–H and O–H groups in total. The highest BCUT2D eigenvalue weighted by molar-refractivity contribution is 5.92. The van der Waals surface area contributed by atoms with Crippen LogP contribution in [0.2, 0.25) is 0 Å². The van der Waals surface area contributed by atoms with Crippen molar-refractivity contribution < 1.29 is 9.84 Å². The highest BCUT2D eigenvalue weighted by Gasteiger charge is 2.29. The maximum atomic E-state index is 10.3. The number of hydrogen-bond donors (Lipinski definition) is 3. The summed E-state index contributed by atoms with van der Waals surface area (Å²) in [4.78, 5) is 4.27. The van der Waals surface area contributed by atoms with Gasteiger partial charge in [-0.05, 0) is 23.6 Å². The highest BCUT2D eigenvalue weighted by Crippen LogP contribution is 2.21. The van der Waals surface area contributed by atoms with Crippen molar-refractivity contribution in [3.63, 3.8) is 0 Å². The molecular formula is C16H25N3O2. The van der Waals surface area contributed by atoms with E-state index in [0.29, 0.717) is 44.5 Å². The van der Waals surface area contributed by atoms with Gasteiger partial charge < -0.3 is 20.9 Å². The molecule has 0 atom stereocenters. The summed E-state index contributed by atoms with van der Waals surface area (Å²) >= 11 is 0. The molecule has 5 nitrogen and oxygen atoms in total. The summed E-state index contributed by atoms with van der Waals surface area (Å²) in [5.41, 5.74) is 7.28. The number of hydrogen-bond acceptors (Lipinski definition) is 3. The van der Waals surface area contributed by atoms with Crippen molar-refractivity contribution >= 4 is 11.6 Å². The van der Waals surface area contributed by atoms with E-state index in [9.17, 15) is 5.11 Å². The van der Waals surface area contributed by atoms with Gasteiger partial charge in [0.2, 0.25) is 0 Å². The number of nitrogens with two attached hydrogens (primary N) is 1. The molecule has 1 saturated heterocycles. The summed E-state index contributed by atoms with van der Waals surface area (Å²) in [6, 6.07) is 8.11. The predicted octanol–water partition coefficient (Wildman–Crippen LogP) is 2.08. The number of aliphatic imine (C=N–C) groups is 1. The highest BCUT2D eigenvalue weighted by atomic mass is 16.5. The Labute approximate surface area is 126 Å². The van der Waals surface area contributed by atoms with Crippen molar-refractivity contribution in [1.29, 1.82) is 0 Å². The second-order valence-electron chi connectivity index (χ2n) is 5.94. The van der Waals surface area contributed by atoms with Crippen LogP contribution in [-0.4, -0.2) is 36.4 Å². The standard InChI is InChI=1S/C16H25N3O2/c1-12(2)13-4-3-5-14(10-13)19-15(17)18-11-16(20)6-8-21-9-7-16/h3-5,10,12,20H,6-9,11H2,1-2H3,(H3,17,18,19). The number of rotatable bonds is 4. The minimum Gasteiger partial charge on any atom is -0.388 e. The Morgan fingerprint density at radius 2 is 2.14 bits per heavy atom. The monoisotopic (exact) mass is 291 g/mol. The number of anilines is 1. The maximum absolute atomic E-state index is 10.3. The summed E-state index contributed by atoms with van der Waals surface area (Å²) in [6.45, 7) is 5.76. The van der Waals surface area contributed by atoms with Crippen molar-refractivity contribution in [2.24, 2.45) is 10.7 Å². The molecule has 0 spiro atoms. The molecule has 116 valence electrons. The zero-order valence-corrected chi connectivity index (χ0v) is 12.8. The van der Waals surface area contributed by atoms with Gasteiger partial charge in [-0.25, -0.2) is 0 Å². The number of nitrogens with zero attached hydrogens (tertiary/aromatic N) is 1. The van der Waals surface area contributed by atoms with Crippen LogP contribution >= 0.6 is 0 Å². The number of ether oxygens (including phenoxy) is 1. The average molecular weight is 291 g/mol. The Hall–Kier alpha value is -1.59. The van der Waals surface area contributed by atoms with E-state index >= 15 is 0 Å². The fourth-order valence-corrected chi connectivity index (χ4v) is 2.30. The predicted molar refractivity (Wildman–Crippen MR) is 85.6 cm³/mol. The van der Waals surface area contributed by atoms with Gasteiger partial charge in [-0.15, -0.1) is 0 Å². The molecule has 0 unspecified atom stereocenters. The van der Waals surface area contributed by atoms with Gasteiger partial charge in [-0.2, -0.15) is 0 Å². The molecule has 0 saturated carbocycles. The molecule has 2 rings (SSSR count). The molecule has 1 heterocycles. The summed E-state index contributed by atoms with van der Waals surface area (Å²) in [5.74, 6) is 0.795. The SMILES string of the molecule is CC(C)c1cccc(NC(N)=NCC2(O)CCOCC2)c1. The van der Waals surface area contributed by atoms with E-state index in [0.717, 1.165) is 5.69 Å². The van der Waals surface area contributed by atoms with Gasteiger partial charge >= 0.3 is 0 Å². The third-order valence-corrected chi connectivity index (χ3v) is 3.79. The Bertz CT molecular complexity index is 494. The molecular weight excluding hydrogens is 266 g/mol. The van der Waals surface area contributed by atoms with Gasteiger partial charge in [0.1, 0.15) is 0 Å². The molecule has 0 radical (unpaired) electrons. The first kappa shape index (κ1) is 15.8. The molecule has 21 heavy (non-hydrogen) atoms. The summed E-state index contributed by atoms with van der Waals surface area (Å²) in [5, 5.41) is 13.4. The third kappa shape index (κ3) is 4.72. The third-order valence-electron chi connectivity index (χ3n) is 3.79. The van der Waals surface area contributed by atoms with Gasteiger partial charge in [0, 0.05) is 31.7 Å². The molecule has 1 fully saturated rings. The van der Waals surface area contributed by atoms with Crippen molar-refractivity contribution in [1.82, 2.24) is 0 Å². The summed E-state index contributed by atoms with van der Waals surface area (Å²) in [6.07, 6.45) is 1.21. The zero-order valence-electron chi connectivity index (χ0n) is 12.8. The van der Waals surface area contributed by atoms with E-state index in [1.54, 1.807) is 0 Å². The molecule has 0 amide bonds. The second-order valence-corrected chi connectivity index (χ2v) is 5.94. The van der Waals surface area contributed by atoms with E-state index < -0.39 is 5.60 Å². The Morgan fingerprint density at radius 1 is 1.43 bits per heavy atom. The van der Waals surface area contributed by atoms with Crippen LogP contribution in [0.5, 0.6) is 0 Å². The first-order valence-electron chi connectivity index (χ1n) is 7.45. The number of benzene rings is 1. The minimum absolute atomic E-state index is 0.305. The normalized spacial score (nSPS) is 18.8. The zero-order chi connectivity index (χ0) is 15.3. The maximum Gasteiger partial charge on any atom is 0.193 e. The second kappa shape index (κ2) is 6.91. The lowest BCUT2D eigenvalue weighted by molar-refractivity contribution is -0.0565. The van der Waals surface area contributed by atoms with E-state index in [4.69, 9.17) is 10.5 Å². The average Bonchev–Trinajstić information content (AvgIpc) is 2.46. The van der Waals surface area contributed by atoms with Crippen molar-refractivity contribution in [3.05, 3.63) is 29.8 Å². The van der Waals surface area contributed by atoms with Crippen LogP contribution in [0.4, 0.5) is 5.69 Å². The Balaban J connectivity index is 1.95. The van der Waals surface area contributed by atoms with E-state index in [1.165, 1.54) is 5.56 Å². The van der Waals surface area contributed by atoms with Crippen LogP contribution < -0.4 is 11.1 Å². The van der Waals surface area contributed by atoms with E-state index in [-0.39, 0.29) is 0 Å². The summed E-state index contributed by atoms with van der Waals surface area (Å²) in [7, 11) is 0. The first-order chi connectivity index (χ1) is 9.98. The topological polar surface area (TPSA) is 79.9 Å². The lowest BCUT2D eigenvalue weighted by Crippen LogP contribution is -2.40. The lowest BCUT2D eigenvalue weighted by atomic mass is 9.95. The van der Waals surface area contributed by atoms with Crippen LogP contribution in [0.15, 0.2) is 29.3 Å². The quantitative estimate of drug-likeness (QED) is 0.586. The van der Waals surface area contributed by atoms with Gasteiger partial charge in [0.05, 0.1) is 12.1 Å². The van der Waals surface area contributed by atoms with Crippen LogP contribution in [0.1, 0.15) is 38.2 Å². The lowest BCUT2D eigenvalue weighted by Gasteiger charge is -2.30. The molecule has 5 heteroatoms. The van der Waals surface area contributed by atoms with Gasteiger partial charge in [0.15, 0.2) is 5.96 Å². The molecule has 0 bridgehead atoms. The van der Waals surface area contributed by atoms with Crippen molar-refractivity contribution in [2.45, 2.75) is 38.2 Å². The minimum atomic E-state index is -0.787. The number of aliphatic hydroxyl groups is 1. The largest absolute Gasteiger partial charge is 0.388 e. The Kier molecular flexibility index (Phi) is 5.20. The number of nitrogens with one attached hydrogen (secondary N) is 1. The van der Waals surface area contributed by atoms with Crippen LogP contribution in [0.25, 0.3) is 0 Å². The van der Waals surface area contributed by atoms with Crippen LogP contribution in [0.3, 0.4) is 0 Å². The van der Waals surface area contributed by atoms with Gasteiger partial charge in [-0.1, -0.05) is 26.0 Å². The van der Waals surface area contributed by atoms with Crippen LogP contribution in [-0.2, 0) is 4.74 Å². The Morgan fingerprint density at radius 3 is 2.81 bits per heavy atom. The molecule has 1 aliphatic rings. The van der Waals surface area contributed by atoms with E-state index in [1.807, 2.05) is 12.1 Å². The summed E-state index contributed by atoms with van der Waals surface area (Å²) < 4.78 is 5.25. The number of guanidine groups is 1. The molecule has 1 aromatic rings. The fraction of sp³-hybridized carbons (Fsp3) is 0.562. The van der Waals surface area contributed by atoms with Gasteiger partial charge in [0.25, 0.3) is 0 Å². The molecule has 1 aliphatic heterocycles. The molecule has 0 aliphatic carbocycles. The smallest absolute Gasteiger partial charge is 0.193 e.